The maximum Gasteiger partial charge on any atom is 0.261 e. The third kappa shape index (κ3) is 4.06. The van der Waals surface area contributed by atoms with Crippen LogP contribution < -0.4 is 4.72 Å². The molecule has 0 aliphatic heterocycles. The average molecular weight is 457 g/mol. The Balaban J connectivity index is 1.49. The Labute approximate surface area is 191 Å². The predicted octanol–water partition coefficient (Wildman–Crippen LogP) is 4.27. The number of aromatic nitrogens is 5. The Kier molecular flexibility index (Phi) is 5.10. The number of rotatable bonds is 5. The molecule has 2 aromatic carbocycles. The Morgan fingerprint density at radius 2 is 1.70 bits per heavy atom. The fourth-order valence-corrected chi connectivity index (χ4v) is 4.59. The maximum atomic E-state index is 12.9. The van der Waals surface area contributed by atoms with Crippen molar-refractivity contribution in [3.63, 3.8) is 0 Å². The van der Waals surface area contributed by atoms with E-state index in [1.807, 2.05) is 44.2 Å². The molecule has 164 valence electrons. The molecule has 0 fully saturated rings. The Bertz CT molecular complexity index is 1580. The van der Waals surface area contributed by atoms with Gasteiger partial charge in [-0.1, -0.05) is 18.2 Å². The molecule has 0 atom stereocenters. The molecule has 9 heteroatoms. The van der Waals surface area contributed by atoms with Gasteiger partial charge in [0.05, 0.1) is 10.6 Å². The van der Waals surface area contributed by atoms with Crippen molar-refractivity contribution in [3.05, 3.63) is 90.3 Å². The van der Waals surface area contributed by atoms with Crippen molar-refractivity contribution in [2.75, 3.05) is 4.72 Å². The summed E-state index contributed by atoms with van der Waals surface area (Å²) in [7, 11) is -3.72. The molecule has 0 aliphatic rings. The van der Waals surface area contributed by atoms with E-state index in [9.17, 15) is 8.42 Å². The van der Waals surface area contributed by atoms with Gasteiger partial charge in [-0.15, -0.1) is 10.2 Å². The fraction of sp³-hybridized carbons (Fsp3) is 0.0833. The standard InChI is InChI=1S/C24H20N6O2S/c1-16-8-9-21(13-17(16)2)33(31,32)29-20-7-3-5-18(14-20)22-10-11-23-26-27-24(30(23)28-22)19-6-4-12-25-15-19/h3-15,29H,1-2H3. The summed E-state index contributed by atoms with van der Waals surface area (Å²) in [4.78, 5) is 4.36. The summed E-state index contributed by atoms with van der Waals surface area (Å²) < 4.78 is 30.1. The van der Waals surface area contributed by atoms with Gasteiger partial charge in [-0.3, -0.25) is 9.71 Å². The monoisotopic (exact) mass is 456 g/mol. The topological polar surface area (TPSA) is 102 Å². The molecule has 5 rings (SSSR count). The predicted molar refractivity (Wildman–Crippen MR) is 126 cm³/mol. The molecular weight excluding hydrogens is 436 g/mol. The molecule has 0 bridgehead atoms. The summed E-state index contributed by atoms with van der Waals surface area (Å²) in [5.41, 5.74) is 5.21. The highest BCUT2D eigenvalue weighted by Gasteiger charge is 2.16. The van der Waals surface area contributed by atoms with Crippen LogP contribution in [0.15, 0.2) is 84.0 Å². The van der Waals surface area contributed by atoms with Gasteiger partial charge in [-0.25, -0.2) is 8.42 Å². The maximum absolute atomic E-state index is 12.9. The van der Waals surface area contributed by atoms with Crippen molar-refractivity contribution >= 4 is 21.4 Å². The van der Waals surface area contributed by atoms with Crippen LogP contribution in [0.2, 0.25) is 0 Å². The van der Waals surface area contributed by atoms with Crippen LogP contribution in [0.25, 0.3) is 28.3 Å². The van der Waals surface area contributed by atoms with E-state index in [4.69, 9.17) is 0 Å². The van der Waals surface area contributed by atoms with Crippen LogP contribution in [0.5, 0.6) is 0 Å². The number of sulfonamides is 1. The van der Waals surface area contributed by atoms with Crippen molar-refractivity contribution in [2.45, 2.75) is 18.7 Å². The van der Waals surface area contributed by atoms with Gasteiger partial charge < -0.3 is 0 Å². The lowest BCUT2D eigenvalue weighted by Gasteiger charge is -2.11. The SMILES string of the molecule is Cc1ccc(S(=O)(=O)Nc2cccc(-c3ccc4nnc(-c5cccnc5)n4n3)c2)cc1C. The number of anilines is 1. The van der Waals surface area contributed by atoms with E-state index >= 15 is 0 Å². The zero-order chi connectivity index (χ0) is 23.0. The Hall–Kier alpha value is -4.11. The summed E-state index contributed by atoms with van der Waals surface area (Å²) in [5.74, 6) is 0.576. The van der Waals surface area contributed by atoms with Gasteiger partial charge in [0.15, 0.2) is 11.5 Å². The van der Waals surface area contributed by atoms with Gasteiger partial charge >= 0.3 is 0 Å². The van der Waals surface area contributed by atoms with E-state index in [0.717, 1.165) is 22.3 Å². The summed E-state index contributed by atoms with van der Waals surface area (Å²) in [6.07, 6.45) is 3.39. The number of hydrogen-bond donors (Lipinski definition) is 1. The molecular formula is C24H20N6O2S. The first-order valence-electron chi connectivity index (χ1n) is 10.2. The van der Waals surface area contributed by atoms with Gasteiger partial charge in [0.1, 0.15) is 0 Å². The second-order valence-electron chi connectivity index (χ2n) is 7.69. The molecule has 3 heterocycles. The van der Waals surface area contributed by atoms with Crippen LogP contribution >= 0.6 is 0 Å². The first-order chi connectivity index (χ1) is 15.9. The number of nitrogens with one attached hydrogen (secondary N) is 1. The van der Waals surface area contributed by atoms with Crippen molar-refractivity contribution in [2.24, 2.45) is 0 Å². The van der Waals surface area contributed by atoms with E-state index in [1.54, 1.807) is 53.3 Å². The van der Waals surface area contributed by atoms with Gasteiger partial charge in [-0.05, 0) is 73.5 Å². The third-order valence-corrected chi connectivity index (χ3v) is 6.76. The van der Waals surface area contributed by atoms with E-state index in [2.05, 4.69) is 25.0 Å². The van der Waals surface area contributed by atoms with E-state index in [1.165, 1.54) is 0 Å². The van der Waals surface area contributed by atoms with Gasteiger partial charge in [0.25, 0.3) is 10.0 Å². The van der Waals surface area contributed by atoms with Gasteiger partial charge in [-0.2, -0.15) is 9.61 Å². The minimum atomic E-state index is -3.72. The zero-order valence-electron chi connectivity index (χ0n) is 18.0. The smallest absolute Gasteiger partial charge is 0.261 e. The molecule has 0 radical (unpaired) electrons. The first-order valence-corrected chi connectivity index (χ1v) is 11.7. The van der Waals surface area contributed by atoms with Gasteiger partial charge in [0.2, 0.25) is 0 Å². The number of hydrogen-bond acceptors (Lipinski definition) is 6. The first kappa shape index (κ1) is 20.8. The lowest BCUT2D eigenvalue weighted by molar-refractivity contribution is 0.601. The molecule has 3 aromatic heterocycles. The van der Waals surface area contributed by atoms with Crippen molar-refractivity contribution in [1.82, 2.24) is 24.8 Å². The fourth-order valence-electron chi connectivity index (χ4n) is 3.46. The number of aryl methyl sites for hydroxylation is 2. The average Bonchev–Trinajstić information content (AvgIpc) is 3.24. The van der Waals surface area contributed by atoms with Crippen LogP contribution in [-0.2, 0) is 10.0 Å². The number of nitrogens with zero attached hydrogens (tertiary/aromatic N) is 5. The normalized spacial score (nSPS) is 11.6. The molecule has 0 aliphatic carbocycles. The highest BCUT2D eigenvalue weighted by atomic mass is 32.2. The van der Waals surface area contributed by atoms with Crippen molar-refractivity contribution in [3.8, 4) is 22.6 Å². The van der Waals surface area contributed by atoms with Gasteiger partial charge in [0, 0.05) is 29.2 Å². The van der Waals surface area contributed by atoms with E-state index in [-0.39, 0.29) is 4.90 Å². The molecule has 0 unspecified atom stereocenters. The molecule has 5 aromatic rings. The van der Waals surface area contributed by atoms with Crippen LogP contribution in [0, 0.1) is 13.8 Å². The molecule has 0 amide bonds. The summed E-state index contributed by atoms with van der Waals surface area (Å²) in [6, 6.07) is 19.6. The van der Waals surface area contributed by atoms with Crippen LogP contribution in [0.4, 0.5) is 5.69 Å². The summed E-state index contributed by atoms with van der Waals surface area (Å²) >= 11 is 0. The van der Waals surface area contributed by atoms with Crippen LogP contribution in [0.1, 0.15) is 11.1 Å². The van der Waals surface area contributed by atoms with Crippen molar-refractivity contribution < 1.29 is 8.42 Å². The molecule has 1 N–H and O–H groups in total. The minimum Gasteiger partial charge on any atom is -0.280 e. The summed E-state index contributed by atoms with van der Waals surface area (Å²) in [5, 5.41) is 13.1. The molecule has 0 saturated carbocycles. The van der Waals surface area contributed by atoms with Crippen molar-refractivity contribution in [1.29, 1.82) is 0 Å². The zero-order valence-corrected chi connectivity index (χ0v) is 18.8. The lowest BCUT2D eigenvalue weighted by atomic mass is 10.1. The van der Waals surface area contributed by atoms with Crippen LogP contribution in [-0.4, -0.2) is 33.2 Å². The number of pyridine rings is 1. The minimum absolute atomic E-state index is 0.223. The Morgan fingerprint density at radius 1 is 0.848 bits per heavy atom. The number of benzene rings is 2. The number of fused-ring (bicyclic) bond motifs is 1. The highest BCUT2D eigenvalue weighted by Crippen LogP contribution is 2.25. The largest absolute Gasteiger partial charge is 0.280 e. The molecule has 8 nitrogen and oxygen atoms in total. The van der Waals surface area contributed by atoms with E-state index in [0.29, 0.717) is 22.9 Å². The molecule has 0 saturated heterocycles. The molecule has 0 spiro atoms. The van der Waals surface area contributed by atoms with Crippen LogP contribution in [0.3, 0.4) is 0 Å². The second-order valence-corrected chi connectivity index (χ2v) is 9.37. The lowest BCUT2D eigenvalue weighted by Crippen LogP contribution is -2.13. The Morgan fingerprint density at radius 3 is 2.48 bits per heavy atom. The summed E-state index contributed by atoms with van der Waals surface area (Å²) in [6.45, 7) is 3.84. The molecule has 33 heavy (non-hydrogen) atoms. The van der Waals surface area contributed by atoms with E-state index < -0.39 is 10.0 Å². The second kappa shape index (κ2) is 8.10. The highest BCUT2D eigenvalue weighted by molar-refractivity contribution is 7.92. The quantitative estimate of drug-likeness (QED) is 0.424. The third-order valence-electron chi connectivity index (χ3n) is 5.38.